The van der Waals surface area contributed by atoms with Gasteiger partial charge in [-0.05, 0) is 12.1 Å². The number of carbonyl (C=O) groups is 1. The summed E-state index contributed by atoms with van der Waals surface area (Å²) in [6, 6.07) is 8.87. The number of primary amides is 1. The van der Waals surface area contributed by atoms with E-state index in [4.69, 9.17) is 21.9 Å². The second-order valence-corrected chi connectivity index (χ2v) is 3.76. The predicted molar refractivity (Wildman–Crippen MR) is 59.8 cm³/mol. The number of halogens is 1. The number of amides is 1. The minimum Gasteiger partial charge on any atom is -0.369 e. The zero-order valence-corrected chi connectivity index (χ0v) is 9.07. The van der Waals surface area contributed by atoms with Crippen LogP contribution in [0.25, 0.3) is 11.3 Å². The van der Waals surface area contributed by atoms with Crippen LogP contribution in [0.15, 0.2) is 34.9 Å². The van der Waals surface area contributed by atoms with Crippen LogP contribution >= 0.6 is 11.6 Å². The number of nitrogens with two attached hydrogens (primary N) is 1. The molecule has 0 saturated carbocycles. The highest BCUT2D eigenvalue weighted by molar-refractivity contribution is 6.30. The molecule has 0 aliphatic carbocycles. The second-order valence-electron chi connectivity index (χ2n) is 3.33. The molecule has 0 saturated heterocycles. The predicted octanol–water partition coefficient (Wildman–Crippen LogP) is 2.02. The number of rotatable bonds is 3. The molecule has 1 aromatic carbocycles. The lowest BCUT2D eigenvalue weighted by atomic mass is 10.1. The minimum absolute atomic E-state index is 0.0561. The molecular weight excluding hydrogens is 228 g/mol. The van der Waals surface area contributed by atoms with Crippen molar-refractivity contribution in [3.05, 3.63) is 41.1 Å². The molecule has 0 bridgehead atoms. The van der Waals surface area contributed by atoms with E-state index in [-0.39, 0.29) is 6.42 Å². The average Bonchev–Trinajstić information content (AvgIpc) is 2.66. The molecule has 1 heterocycles. The standard InChI is InChI=1S/C11H9ClN2O2/c12-8-3-1-7(2-4-8)10-5-9(16-14-10)6-11(13)15/h1-5H,6H2,(H2,13,15). The third-order valence-electron chi connectivity index (χ3n) is 2.05. The quantitative estimate of drug-likeness (QED) is 0.887. The molecule has 82 valence electrons. The van der Waals surface area contributed by atoms with Gasteiger partial charge in [0.2, 0.25) is 5.91 Å². The second kappa shape index (κ2) is 4.37. The first-order chi connectivity index (χ1) is 7.65. The van der Waals surface area contributed by atoms with Gasteiger partial charge < -0.3 is 10.3 Å². The SMILES string of the molecule is NC(=O)Cc1cc(-c2ccc(Cl)cc2)no1. The smallest absolute Gasteiger partial charge is 0.225 e. The van der Waals surface area contributed by atoms with Gasteiger partial charge in [-0.25, -0.2) is 0 Å². The summed E-state index contributed by atoms with van der Waals surface area (Å²) in [4.78, 5) is 10.7. The van der Waals surface area contributed by atoms with E-state index >= 15 is 0 Å². The first-order valence-corrected chi connectivity index (χ1v) is 5.03. The number of nitrogens with zero attached hydrogens (tertiary/aromatic N) is 1. The lowest BCUT2D eigenvalue weighted by molar-refractivity contribution is -0.117. The molecular formula is C11H9ClN2O2. The maximum atomic E-state index is 10.7. The largest absolute Gasteiger partial charge is 0.369 e. The zero-order valence-electron chi connectivity index (χ0n) is 8.31. The van der Waals surface area contributed by atoms with Crippen LogP contribution < -0.4 is 5.73 Å². The molecule has 0 atom stereocenters. The highest BCUT2D eigenvalue weighted by atomic mass is 35.5. The number of aromatic nitrogens is 1. The van der Waals surface area contributed by atoms with Gasteiger partial charge in [-0.2, -0.15) is 0 Å². The van der Waals surface area contributed by atoms with Crippen LogP contribution in [0.5, 0.6) is 0 Å². The Morgan fingerprint density at radius 1 is 1.38 bits per heavy atom. The maximum absolute atomic E-state index is 10.7. The number of carbonyl (C=O) groups excluding carboxylic acids is 1. The molecule has 5 heteroatoms. The molecule has 1 aromatic heterocycles. The summed E-state index contributed by atoms with van der Waals surface area (Å²) in [5, 5.41) is 4.50. The van der Waals surface area contributed by atoms with Crippen LogP contribution in [0.4, 0.5) is 0 Å². The molecule has 0 aliphatic rings. The molecule has 0 aliphatic heterocycles. The van der Waals surface area contributed by atoms with E-state index in [9.17, 15) is 4.79 Å². The van der Waals surface area contributed by atoms with Crippen molar-refractivity contribution < 1.29 is 9.32 Å². The van der Waals surface area contributed by atoms with Crippen molar-refractivity contribution in [1.82, 2.24) is 5.16 Å². The van der Waals surface area contributed by atoms with Gasteiger partial charge in [0.25, 0.3) is 0 Å². The summed E-state index contributed by atoms with van der Waals surface area (Å²) in [6.45, 7) is 0. The maximum Gasteiger partial charge on any atom is 0.225 e. The topological polar surface area (TPSA) is 69.1 Å². The van der Waals surface area contributed by atoms with Crippen LogP contribution in [0.2, 0.25) is 5.02 Å². The van der Waals surface area contributed by atoms with Crippen molar-refractivity contribution in [2.75, 3.05) is 0 Å². The Balaban J connectivity index is 2.24. The van der Waals surface area contributed by atoms with Crippen molar-refractivity contribution in [3.8, 4) is 11.3 Å². The monoisotopic (exact) mass is 236 g/mol. The molecule has 0 radical (unpaired) electrons. The van der Waals surface area contributed by atoms with Crippen LogP contribution in [0.1, 0.15) is 5.76 Å². The van der Waals surface area contributed by atoms with Crippen molar-refractivity contribution in [3.63, 3.8) is 0 Å². The summed E-state index contributed by atoms with van der Waals surface area (Å²) >= 11 is 5.77. The molecule has 2 aromatic rings. The Morgan fingerprint density at radius 3 is 2.69 bits per heavy atom. The van der Waals surface area contributed by atoms with Crippen molar-refractivity contribution >= 4 is 17.5 Å². The third kappa shape index (κ3) is 2.41. The lowest BCUT2D eigenvalue weighted by Gasteiger charge is -1.93. The lowest BCUT2D eigenvalue weighted by Crippen LogP contribution is -2.12. The van der Waals surface area contributed by atoms with E-state index in [0.29, 0.717) is 16.5 Å². The van der Waals surface area contributed by atoms with Gasteiger partial charge in [-0.1, -0.05) is 28.9 Å². The van der Waals surface area contributed by atoms with Gasteiger partial charge in [0, 0.05) is 16.7 Å². The molecule has 16 heavy (non-hydrogen) atoms. The molecule has 0 fully saturated rings. The van der Waals surface area contributed by atoms with E-state index in [0.717, 1.165) is 5.56 Å². The Labute approximate surface area is 97.0 Å². The Hall–Kier alpha value is -1.81. The van der Waals surface area contributed by atoms with E-state index in [1.165, 1.54) is 0 Å². The van der Waals surface area contributed by atoms with Crippen LogP contribution in [-0.4, -0.2) is 11.1 Å². The van der Waals surface area contributed by atoms with E-state index in [2.05, 4.69) is 5.16 Å². The van der Waals surface area contributed by atoms with Crippen LogP contribution in [-0.2, 0) is 11.2 Å². The first kappa shape index (κ1) is 10.7. The highest BCUT2D eigenvalue weighted by Gasteiger charge is 2.08. The van der Waals surface area contributed by atoms with Crippen molar-refractivity contribution in [2.45, 2.75) is 6.42 Å². The van der Waals surface area contributed by atoms with Gasteiger partial charge in [0.05, 0.1) is 6.42 Å². The zero-order chi connectivity index (χ0) is 11.5. The van der Waals surface area contributed by atoms with Gasteiger partial charge >= 0.3 is 0 Å². The summed E-state index contributed by atoms with van der Waals surface area (Å²) in [5.74, 6) is 0.0104. The fourth-order valence-electron chi connectivity index (χ4n) is 1.32. The average molecular weight is 237 g/mol. The third-order valence-corrected chi connectivity index (χ3v) is 2.30. The summed E-state index contributed by atoms with van der Waals surface area (Å²) in [5.41, 5.74) is 6.59. The summed E-state index contributed by atoms with van der Waals surface area (Å²) in [7, 11) is 0. The molecule has 4 nitrogen and oxygen atoms in total. The van der Waals surface area contributed by atoms with Crippen LogP contribution in [0, 0.1) is 0 Å². The van der Waals surface area contributed by atoms with E-state index < -0.39 is 5.91 Å². The van der Waals surface area contributed by atoms with E-state index in [1.54, 1.807) is 18.2 Å². The number of hydrogen-bond donors (Lipinski definition) is 1. The van der Waals surface area contributed by atoms with Crippen LogP contribution in [0.3, 0.4) is 0 Å². The van der Waals surface area contributed by atoms with Crippen molar-refractivity contribution in [2.24, 2.45) is 5.73 Å². The number of benzene rings is 1. The first-order valence-electron chi connectivity index (χ1n) is 4.65. The van der Waals surface area contributed by atoms with Gasteiger partial charge in [-0.15, -0.1) is 0 Å². The van der Waals surface area contributed by atoms with Crippen molar-refractivity contribution in [1.29, 1.82) is 0 Å². The molecule has 0 spiro atoms. The number of hydrogen-bond acceptors (Lipinski definition) is 3. The molecule has 2 rings (SSSR count). The molecule has 1 amide bonds. The summed E-state index contributed by atoms with van der Waals surface area (Å²) < 4.78 is 4.98. The Kier molecular flexibility index (Phi) is 2.92. The Bertz CT molecular complexity index is 505. The minimum atomic E-state index is -0.446. The Morgan fingerprint density at radius 2 is 2.06 bits per heavy atom. The fourth-order valence-corrected chi connectivity index (χ4v) is 1.45. The normalized spacial score (nSPS) is 10.3. The van der Waals surface area contributed by atoms with E-state index in [1.807, 2.05) is 12.1 Å². The van der Waals surface area contributed by atoms with Gasteiger partial charge in [0.15, 0.2) is 0 Å². The van der Waals surface area contributed by atoms with Gasteiger partial charge in [0.1, 0.15) is 11.5 Å². The molecule has 0 unspecified atom stereocenters. The molecule has 2 N–H and O–H groups in total. The van der Waals surface area contributed by atoms with Gasteiger partial charge in [-0.3, -0.25) is 4.79 Å². The fraction of sp³-hybridized carbons (Fsp3) is 0.0909. The highest BCUT2D eigenvalue weighted by Crippen LogP contribution is 2.21. The summed E-state index contributed by atoms with van der Waals surface area (Å²) in [6.07, 6.45) is 0.0561.